The SMILES string of the molecule is CCOC(=O)c1ccccc1NC(=O)COC(=O)c1cc(C)no1. The molecule has 0 bridgehead atoms. The van der Waals surface area contributed by atoms with Gasteiger partial charge >= 0.3 is 11.9 Å². The summed E-state index contributed by atoms with van der Waals surface area (Å²) in [5.41, 5.74) is 1.01. The molecular formula is C16H16N2O6. The fourth-order valence-electron chi connectivity index (χ4n) is 1.83. The smallest absolute Gasteiger partial charge is 0.377 e. The summed E-state index contributed by atoms with van der Waals surface area (Å²) in [5, 5.41) is 6.05. The van der Waals surface area contributed by atoms with Gasteiger partial charge < -0.3 is 19.3 Å². The predicted molar refractivity (Wildman–Crippen MR) is 82.6 cm³/mol. The van der Waals surface area contributed by atoms with Crippen LogP contribution in [0.3, 0.4) is 0 Å². The molecule has 24 heavy (non-hydrogen) atoms. The molecule has 1 aromatic heterocycles. The highest BCUT2D eigenvalue weighted by Crippen LogP contribution is 2.16. The van der Waals surface area contributed by atoms with E-state index in [4.69, 9.17) is 14.0 Å². The summed E-state index contributed by atoms with van der Waals surface area (Å²) in [5.74, 6) is -2.05. The van der Waals surface area contributed by atoms with Gasteiger partial charge in [0.2, 0.25) is 5.76 Å². The number of hydrogen-bond acceptors (Lipinski definition) is 7. The van der Waals surface area contributed by atoms with E-state index in [0.29, 0.717) is 5.69 Å². The number of carbonyl (C=O) groups is 3. The lowest BCUT2D eigenvalue weighted by Gasteiger charge is -2.10. The lowest BCUT2D eigenvalue weighted by Crippen LogP contribution is -2.22. The molecule has 1 N–H and O–H groups in total. The van der Waals surface area contributed by atoms with Crippen LogP contribution in [-0.4, -0.2) is 36.2 Å². The monoisotopic (exact) mass is 332 g/mol. The summed E-state index contributed by atoms with van der Waals surface area (Å²) in [6.07, 6.45) is 0. The number of benzene rings is 1. The Morgan fingerprint density at radius 1 is 1.17 bits per heavy atom. The van der Waals surface area contributed by atoms with Gasteiger partial charge in [-0.1, -0.05) is 17.3 Å². The molecule has 0 spiro atoms. The molecule has 0 aliphatic heterocycles. The first kappa shape index (κ1) is 17.2. The Morgan fingerprint density at radius 2 is 1.92 bits per heavy atom. The Labute approximate surface area is 137 Å². The van der Waals surface area contributed by atoms with Crippen LogP contribution in [-0.2, 0) is 14.3 Å². The van der Waals surface area contributed by atoms with Gasteiger partial charge in [-0.15, -0.1) is 0 Å². The predicted octanol–water partition coefficient (Wildman–Crippen LogP) is 1.96. The number of para-hydroxylation sites is 1. The summed E-state index contributed by atoms with van der Waals surface area (Å²) < 4.78 is 14.5. The van der Waals surface area contributed by atoms with Gasteiger partial charge in [0.15, 0.2) is 6.61 Å². The van der Waals surface area contributed by atoms with E-state index in [2.05, 4.69) is 10.5 Å². The van der Waals surface area contributed by atoms with Crippen molar-refractivity contribution in [1.29, 1.82) is 0 Å². The highest BCUT2D eigenvalue weighted by Gasteiger charge is 2.17. The lowest BCUT2D eigenvalue weighted by atomic mass is 10.2. The first-order valence-electron chi connectivity index (χ1n) is 7.17. The minimum Gasteiger partial charge on any atom is -0.462 e. The van der Waals surface area contributed by atoms with Gasteiger partial charge in [-0.2, -0.15) is 0 Å². The van der Waals surface area contributed by atoms with E-state index in [0.717, 1.165) is 0 Å². The number of aryl methyl sites for hydroxylation is 1. The van der Waals surface area contributed by atoms with E-state index >= 15 is 0 Å². The second-order valence-corrected chi connectivity index (χ2v) is 4.72. The van der Waals surface area contributed by atoms with Crippen molar-refractivity contribution in [2.75, 3.05) is 18.5 Å². The van der Waals surface area contributed by atoms with E-state index in [1.54, 1.807) is 32.0 Å². The van der Waals surface area contributed by atoms with E-state index in [9.17, 15) is 14.4 Å². The molecule has 8 heteroatoms. The molecule has 2 aromatic rings. The number of nitrogens with one attached hydrogen (secondary N) is 1. The second-order valence-electron chi connectivity index (χ2n) is 4.72. The summed E-state index contributed by atoms with van der Waals surface area (Å²) in [6.45, 7) is 3.02. The van der Waals surface area contributed by atoms with Crippen LogP contribution < -0.4 is 5.32 Å². The van der Waals surface area contributed by atoms with Crippen LogP contribution in [0, 0.1) is 6.92 Å². The Balaban J connectivity index is 1.95. The first-order chi connectivity index (χ1) is 11.5. The lowest BCUT2D eigenvalue weighted by molar-refractivity contribution is -0.119. The number of anilines is 1. The highest BCUT2D eigenvalue weighted by molar-refractivity contribution is 6.02. The molecule has 0 fully saturated rings. The third-order valence-corrected chi connectivity index (χ3v) is 2.86. The van der Waals surface area contributed by atoms with Crippen molar-refractivity contribution >= 4 is 23.5 Å². The third-order valence-electron chi connectivity index (χ3n) is 2.86. The average molecular weight is 332 g/mol. The zero-order valence-corrected chi connectivity index (χ0v) is 13.2. The van der Waals surface area contributed by atoms with Crippen LogP contribution in [0.25, 0.3) is 0 Å². The Morgan fingerprint density at radius 3 is 2.58 bits per heavy atom. The minimum absolute atomic E-state index is 0.0905. The molecule has 126 valence electrons. The number of carbonyl (C=O) groups excluding carboxylic acids is 3. The summed E-state index contributed by atoms with van der Waals surface area (Å²) in [6, 6.07) is 7.77. The van der Waals surface area contributed by atoms with Gasteiger partial charge in [-0.3, -0.25) is 4.79 Å². The molecule has 1 aromatic carbocycles. The number of amides is 1. The maximum absolute atomic E-state index is 11.9. The van der Waals surface area contributed by atoms with Crippen LogP contribution >= 0.6 is 0 Å². The van der Waals surface area contributed by atoms with Gasteiger partial charge in [-0.05, 0) is 26.0 Å². The van der Waals surface area contributed by atoms with Crippen LogP contribution in [0.1, 0.15) is 33.5 Å². The molecule has 0 aliphatic rings. The Hall–Kier alpha value is -3.16. The topological polar surface area (TPSA) is 108 Å². The van der Waals surface area contributed by atoms with E-state index in [-0.39, 0.29) is 23.6 Å². The van der Waals surface area contributed by atoms with Crippen molar-refractivity contribution in [2.45, 2.75) is 13.8 Å². The minimum atomic E-state index is -0.801. The van der Waals surface area contributed by atoms with E-state index in [1.165, 1.54) is 12.1 Å². The first-order valence-corrected chi connectivity index (χ1v) is 7.17. The van der Waals surface area contributed by atoms with Gasteiger partial charge in [0, 0.05) is 6.07 Å². The zero-order valence-electron chi connectivity index (χ0n) is 13.2. The number of nitrogens with zero attached hydrogens (tertiary/aromatic N) is 1. The molecule has 0 aliphatic carbocycles. The van der Waals surface area contributed by atoms with Crippen LogP contribution in [0.15, 0.2) is 34.9 Å². The number of rotatable bonds is 6. The van der Waals surface area contributed by atoms with Crippen molar-refractivity contribution in [3.8, 4) is 0 Å². The molecule has 0 atom stereocenters. The zero-order chi connectivity index (χ0) is 17.5. The fraction of sp³-hybridized carbons (Fsp3) is 0.250. The van der Waals surface area contributed by atoms with Crippen molar-refractivity contribution in [2.24, 2.45) is 0 Å². The molecule has 0 unspecified atom stereocenters. The summed E-state index contributed by atoms with van der Waals surface area (Å²) in [4.78, 5) is 35.4. The van der Waals surface area contributed by atoms with Gasteiger partial charge in [0.25, 0.3) is 5.91 Å². The maximum Gasteiger partial charge on any atom is 0.377 e. The molecule has 2 rings (SSSR count). The molecule has 1 amide bonds. The molecule has 1 heterocycles. The molecule has 0 saturated carbocycles. The second kappa shape index (κ2) is 7.91. The normalized spacial score (nSPS) is 10.1. The third kappa shape index (κ3) is 4.42. The molecule has 0 radical (unpaired) electrons. The van der Waals surface area contributed by atoms with Crippen molar-refractivity contribution in [3.63, 3.8) is 0 Å². The van der Waals surface area contributed by atoms with Gasteiger partial charge in [-0.25, -0.2) is 9.59 Å². The van der Waals surface area contributed by atoms with Gasteiger partial charge in [0.05, 0.1) is 23.6 Å². The number of hydrogen-bond donors (Lipinski definition) is 1. The average Bonchev–Trinajstić information content (AvgIpc) is 3.00. The van der Waals surface area contributed by atoms with Crippen LogP contribution in [0.5, 0.6) is 0 Å². The van der Waals surface area contributed by atoms with Gasteiger partial charge in [0.1, 0.15) is 0 Å². The summed E-state index contributed by atoms with van der Waals surface area (Å²) in [7, 11) is 0. The quantitative estimate of drug-likeness (QED) is 0.805. The van der Waals surface area contributed by atoms with E-state index < -0.39 is 24.5 Å². The van der Waals surface area contributed by atoms with Crippen molar-refractivity contribution in [1.82, 2.24) is 5.16 Å². The summed E-state index contributed by atoms with van der Waals surface area (Å²) >= 11 is 0. The van der Waals surface area contributed by atoms with E-state index in [1.807, 2.05) is 0 Å². The fourth-order valence-corrected chi connectivity index (χ4v) is 1.83. The maximum atomic E-state index is 11.9. The molecule has 0 saturated heterocycles. The standard InChI is InChI=1S/C16H16N2O6/c1-3-22-15(20)11-6-4-5-7-12(11)17-14(19)9-23-16(21)13-8-10(2)18-24-13/h4-8H,3,9H2,1-2H3,(H,17,19). The largest absolute Gasteiger partial charge is 0.462 e. The Kier molecular flexibility index (Phi) is 5.67. The highest BCUT2D eigenvalue weighted by atomic mass is 16.6. The molecular weight excluding hydrogens is 316 g/mol. The number of aromatic nitrogens is 1. The molecule has 8 nitrogen and oxygen atoms in total. The Bertz CT molecular complexity index is 753. The van der Waals surface area contributed by atoms with Crippen LogP contribution in [0.4, 0.5) is 5.69 Å². The van der Waals surface area contributed by atoms with Crippen LogP contribution in [0.2, 0.25) is 0 Å². The van der Waals surface area contributed by atoms with Crippen molar-refractivity contribution in [3.05, 3.63) is 47.3 Å². The number of esters is 2. The van der Waals surface area contributed by atoms with Crippen molar-refractivity contribution < 1.29 is 28.4 Å². The number of ether oxygens (including phenoxy) is 2.